The van der Waals surface area contributed by atoms with Crippen molar-refractivity contribution in [3.05, 3.63) is 58.6 Å². The van der Waals surface area contributed by atoms with Gasteiger partial charge >= 0.3 is 0 Å². The number of anilines is 2. The van der Waals surface area contributed by atoms with Crippen LogP contribution in [-0.4, -0.2) is 26.3 Å². The first-order chi connectivity index (χ1) is 11.3. The van der Waals surface area contributed by atoms with Gasteiger partial charge in [0.15, 0.2) is 0 Å². The molecular weight excluding hydrogens is 310 g/mol. The monoisotopic (exact) mass is 327 g/mol. The van der Waals surface area contributed by atoms with E-state index in [2.05, 4.69) is 34.5 Å². The highest BCUT2D eigenvalue weighted by atomic mass is 35.5. The fraction of sp³-hybridized carbons (Fsp3) is 0.278. The third-order valence-electron chi connectivity index (χ3n) is 3.91. The number of ether oxygens (including phenoxy) is 1. The SMILES string of the molecule is N#Cc1cc(Cl)ccc1NCc1ccccc1N1CCOCC1. The summed E-state index contributed by atoms with van der Waals surface area (Å²) in [5.74, 6) is 0. The zero-order chi connectivity index (χ0) is 16.1. The van der Waals surface area contributed by atoms with Crippen LogP contribution in [-0.2, 0) is 11.3 Å². The Hall–Kier alpha value is -2.22. The fourth-order valence-electron chi connectivity index (χ4n) is 2.73. The van der Waals surface area contributed by atoms with Crippen LogP contribution in [0.3, 0.4) is 0 Å². The molecule has 0 bridgehead atoms. The number of nitrogens with one attached hydrogen (secondary N) is 1. The van der Waals surface area contributed by atoms with E-state index in [1.165, 1.54) is 11.3 Å². The largest absolute Gasteiger partial charge is 0.380 e. The molecule has 1 aliphatic rings. The maximum absolute atomic E-state index is 9.23. The van der Waals surface area contributed by atoms with Crippen molar-refractivity contribution in [1.82, 2.24) is 0 Å². The van der Waals surface area contributed by atoms with E-state index in [0.717, 1.165) is 32.0 Å². The highest BCUT2D eigenvalue weighted by molar-refractivity contribution is 6.30. The minimum atomic E-state index is 0.557. The topological polar surface area (TPSA) is 48.3 Å². The van der Waals surface area contributed by atoms with Gasteiger partial charge in [0.2, 0.25) is 0 Å². The van der Waals surface area contributed by atoms with Crippen molar-refractivity contribution < 1.29 is 4.74 Å². The Balaban J connectivity index is 1.77. The van der Waals surface area contributed by atoms with Gasteiger partial charge in [-0.05, 0) is 29.8 Å². The standard InChI is InChI=1S/C18H18ClN3O/c19-16-5-6-17(15(11-16)12-20)21-13-14-3-1-2-4-18(14)22-7-9-23-10-8-22/h1-6,11,21H,7-10,13H2. The van der Waals surface area contributed by atoms with Crippen LogP contribution in [0.2, 0.25) is 5.02 Å². The Labute approximate surface area is 141 Å². The summed E-state index contributed by atoms with van der Waals surface area (Å²) < 4.78 is 5.43. The molecule has 1 fully saturated rings. The number of benzene rings is 2. The molecule has 0 unspecified atom stereocenters. The van der Waals surface area contributed by atoms with Crippen molar-refractivity contribution in [3.63, 3.8) is 0 Å². The smallest absolute Gasteiger partial charge is 0.101 e. The van der Waals surface area contributed by atoms with E-state index in [1.807, 2.05) is 12.1 Å². The second kappa shape index (κ2) is 7.36. The maximum atomic E-state index is 9.23. The first kappa shape index (κ1) is 15.7. The Morgan fingerprint density at radius 2 is 1.96 bits per heavy atom. The maximum Gasteiger partial charge on any atom is 0.101 e. The van der Waals surface area contributed by atoms with Crippen LogP contribution in [0.25, 0.3) is 0 Å². The lowest BCUT2D eigenvalue weighted by Crippen LogP contribution is -2.36. The van der Waals surface area contributed by atoms with Crippen molar-refractivity contribution >= 4 is 23.0 Å². The summed E-state index contributed by atoms with van der Waals surface area (Å²) in [6.45, 7) is 3.99. The van der Waals surface area contributed by atoms with E-state index >= 15 is 0 Å². The normalized spacial score (nSPS) is 14.3. The van der Waals surface area contributed by atoms with E-state index in [-0.39, 0.29) is 0 Å². The zero-order valence-electron chi connectivity index (χ0n) is 12.8. The van der Waals surface area contributed by atoms with Crippen LogP contribution in [0.5, 0.6) is 0 Å². The fourth-order valence-corrected chi connectivity index (χ4v) is 2.90. The van der Waals surface area contributed by atoms with Crippen LogP contribution in [0.1, 0.15) is 11.1 Å². The van der Waals surface area contributed by atoms with Gasteiger partial charge in [0.25, 0.3) is 0 Å². The quantitative estimate of drug-likeness (QED) is 0.931. The number of morpholine rings is 1. The molecule has 0 radical (unpaired) electrons. The molecule has 1 heterocycles. The van der Waals surface area contributed by atoms with Gasteiger partial charge in [-0.3, -0.25) is 0 Å². The van der Waals surface area contributed by atoms with Crippen molar-refractivity contribution in [3.8, 4) is 6.07 Å². The van der Waals surface area contributed by atoms with E-state index in [9.17, 15) is 5.26 Å². The van der Waals surface area contributed by atoms with Gasteiger partial charge < -0.3 is 15.0 Å². The van der Waals surface area contributed by atoms with Crippen LogP contribution < -0.4 is 10.2 Å². The molecule has 5 heteroatoms. The van der Waals surface area contributed by atoms with Crippen LogP contribution in [0.4, 0.5) is 11.4 Å². The minimum Gasteiger partial charge on any atom is -0.380 e. The number of nitriles is 1. The first-order valence-corrected chi connectivity index (χ1v) is 8.00. The average Bonchev–Trinajstić information content (AvgIpc) is 2.61. The molecule has 4 nitrogen and oxygen atoms in total. The second-order valence-corrected chi connectivity index (χ2v) is 5.82. The Kier molecular flexibility index (Phi) is 5.02. The molecule has 23 heavy (non-hydrogen) atoms. The van der Waals surface area contributed by atoms with E-state index in [1.54, 1.807) is 12.1 Å². The summed E-state index contributed by atoms with van der Waals surface area (Å²) in [5.41, 5.74) is 3.78. The molecule has 0 saturated carbocycles. The molecule has 1 N–H and O–H groups in total. The molecule has 0 amide bonds. The lowest BCUT2D eigenvalue weighted by Gasteiger charge is -2.30. The summed E-state index contributed by atoms with van der Waals surface area (Å²) in [5, 5.41) is 13.1. The number of rotatable bonds is 4. The van der Waals surface area contributed by atoms with Crippen molar-refractivity contribution in [1.29, 1.82) is 5.26 Å². The molecule has 3 rings (SSSR count). The predicted octanol–water partition coefficient (Wildman–Crippen LogP) is 3.66. The van der Waals surface area contributed by atoms with Crippen molar-refractivity contribution in [2.45, 2.75) is 6.54 Å². The lowest BCUT2D eigenvalue weighted by molar-refractivity contribution is 0.122. The molecule has 1 saturated heterocycles. The molecule has 1 aliphatic heterocycles. The summed E-state index contributed by atoms with van der Waals surface area (Å²) in [6, 6.07) is 15.8. The lowest BCUT2D eigenvalue weighted by atomic mass is 10.1. The van der Waals surface area contributed by atoms with Gasteiger partial charge in [0.1, 0.15) is 6.07 Å². The molecule has 0 atom stereocenters. The van der Waals surface area contributed by atoms with Gasteiger partial charge in [-0.2, -0.15) is 5.26 Å². The molecule has 0 aliphatic carbocycles. The van der Waals surface area contributed by atoms with Crippen molar-refractivity contribution in [2.24, 2.45) is 0 Å². The highest BCUT2D eigenvalue weighted by Gasteiger charge is 2.14. The van der Waals surface area contributed by atoms with Crippen LogP contribution in [0, 0.1) is 11.3 Å². The second-order valence-electron chi connectivity index (χ2n) is 5.38. The Morgan fingerprint density at radius 1 is 1.17 bits per heavy atom. The molecule has 0 spiro atoms. The summed E-state index contributed by atoms with van der Waals surface area (Å²) in [7, 11) is 0. The summed E-state index contributed by atoms with van der Waals surface area (Å²) in [6.07, 6.45) is 0. The number of halogens is 1. The van der Waals surface area contributed by atoms with E-state index in [0.29, 0.717) is 17.1 Å². The third kappa shape index (κ3) is 3.76. The number of nitrogens with zero attached hydrogens (tertiary/aromatic N) is 2. The molecule has 118 valence electrons. The molecule has 0 aromatic heterocycles. The van der Waals surface area contributed by atoms with Crippen LogP contribution >= 0.6 is 11.6 Å². The van der Waals surface area contributed by atoms with Crippen molar-refractivity contribution in [2.75, 3.05) is 36.5 Å². The molecule has 2 aromatic carbocycles. The number of para-hydroxylation sites is 1. The predicted molar refractivity (Wildman–Crippen MR) is 93.0 cm³/mol. The summed E-state index contributed by atoms with van der Waals surface area (Å²) in [4.78, 5) is 2.34. The third-order valence-corrected chi connectivity index (χ3v) is 4.15. The first-order valence-electron chi connectivity index (χ1n) is 7.62. The van der Waals surface area contributed by atoms with Gasteiger partial charge in [0.05, 0.1) is 24.5 Å². The van der Waals surface area contributed by atoms with Gasteiger partial charge in [-0.1, -0.05) is 29.8 Å². The number of hydrogen-bond donors (Lipinski definition) is 1. The zero-order valence-corrected chi connectivity index (χ0v) is 13.5. The number of hydrogen-bond acceptors (Lipinski definition) is 4. The van der Waals surface area contributed by atoms with Gasteiger partial charge in [-0.15, -0.1) is 0 Å². The Bertz CT molecular complexity index is 720. The van der Waals surface area contributed by atoms with Gasteiger partial charge in [0, 0.05) is 30.3 Å². The highest BCUT2D eigenvalue weighted by Crippen LogP contribution is 2.24. The Morgan fingerprint density at radius 3 is 2.74 bits per heavy atom. The minimum absolute atomic E-state index is 0.557. The average molecular weight is 328 g/mol. The molecular formula is C18H18ClN3O. The van der Waals surface area contributed by atoms with E-state index < -0.39 is 0 Å². The van der Waals surface area contributed by atoms with Crippen LogP contribution in [0.15, 0.2) is 42.5 Å². The van der Waals surface area contributed by atoms with Gasteiger partial charge in [-0.25, -0.2) is 0 Å². The van der Waals surface area contributed by atoms with E-state index in [4.69, 9.17) is 16.3 Å². The summed E-state index contributed by atoms with van der Waals surface area (Å²) >= 11 is 5.94. The molecule has 2 aromatic rings.